The fraction of sp³-hybridized carbons (Fsp3) is 0.158. The normalized spacial score (nSPS) is 13.8. The lowest BCUT2D eigenvalue weighted by Gasteiger charge is -2.08. The zero-order valence-electron chi connectivity index (χ0n) is 14.7. The molecule has 5 rings (SSSR count). The molecule has 8 nitrogen and oxygen atoms in total. The minimum absolute atomic E-state index is 0.167. The number of aromatic nitrogens is 4. The number of ether oxygens (including phenoxy) is 2. The van der Waals surface area contributed by atoms with Crippen LogP contribution in [0.2, 0.25) is 0 Å². The number of nitrogens with zero attached hydrogens (tertiary/aromatic N) is 3. The summed E-state index contributed by atoms with van der Waals surface area (Å²) in [6.07, 6.45) is 0. The van der Waals surface area contributed by atoms with Crippen LogP contribution in [0.3, 0.4) is 0 Å². The molecule has 1 aliphatic heterocycles. The summed E-state index contributed by atoms with van der Waals surface area (Å²) in [6.45, 7) is 2.13. The molecular weight excluding hydrogens is 380 g/mol. The van der Waals surface area contributed by atoms with E-state index in [4.69, 9.17) is 13.9 Å². The Morgan fingerprint density at radius 2 is 1.96 bits per heavy atom. The van der Waals surface area contributed by atoms with Crippen molar-refractivity contribution in [2.75, 3.05) is 6.79 Å². The van der Waals surface area contributed by atoms with E-state index in [2.05, 4.69) is 20.2 Å². The van der Waals surface area contributed by atoms with Crippen LogP contribution in [-0.2, 0) is 0 Å². The van der Waals surface area contributed by atoms with Crippen molar-refractivity contribution in [3.05, 3.63) is 58.6 Å². The van der Waals surface area contributed by atoms with Crippen LogP contribution in [0.5, 0.6) is 11.5 Å². The predicted octanol–water partition coefficient (Wildman–Crippen LogP) is 3.56. The highest BCUT2D eigenvalue weighted by Crippen LogP contribution is 2.37. The second kappa shape index (κ2) is 6.68. The molecule has 2 aromatic carbocycles. The molecule has 0 aliphatic carbocycles. The van der Waals surface area contributed by atoms with Crippen LogP contribution in [0.4, 0.5) is 0 Å². The Bertz CT molecular complexity index is 1240. The molecule has 1 aliphatic rings. The molecule has 9 heteroatoms. The van der Waals surface area contributed by atoms with E-state index in [1.807, 2.05) is 31.2 Å². The maximum Gasteiger partial charge on any atom is 0.277 e. The average molecular weight is 394 g/mol. The number of aromatic amines is 1. The van der Waals surface area contributed by atoms with Crippen molar-refractivity contribution in [3.8, 4) is 23.0 Å². The van der Waals surface area contributed by atoms with Crippen LogP contribution in [0.1, 0.15) is 18.0 Å². The van der Waals surface area contributed by atoms with Crippen molar-refractivity contribution in [2.24, 2.45) is 0 Å². The van der Waals surface area contributed by atoms with E-state index in [9.17, 15) is 4.79 Å². The first-order valence-electron chi connectivity index (χ1n) is 8.56. The van der Waals surface area contributed by atoms with Crippen LogP contribution in [0.15, 0.2) is 56.9 Å². The van der Waals surface area contributed by atoms with Gasteiger partial charge in [0, 0.05) is 5.56 Å². The molecule has 0 saturated carbocycles. The molecule has 3 heterocycles. The first kappa shape index (κ1) is 16.8. The Balaban J connectivity index is 1.39. The lowest BCUT2D eigenvalue weighted by molar-refractivity contribution is 0.174. The molecule has 2 aromatic heterocycles. The predicted molar refractivity (Wildman–Crippen MR) is 102 cm³/mol. The van der Waals surface area contributed by atoms with Crippen molar-refractivity contribution in [3.63, 3.8) is 0 Å². The molecule has 1 N–H and O–H groups in total. The summed E-state index contributed by atoms with van der Waals surface area (Å²) in [5.41, 5.74) is 1.23. The van der Waals surface area contributed by atoms with Crippen LogP contribution < -0.4 is 15.0 Å². The largest absolute Gasteiger partial charge is 0.454 e. The van der Waals surface area contributed by atoms with Crippen LogP contribution in [0, 0.1) is 0 Å². The summed E-state index contributed by atoms with van der Waals surface area (Å²) >= 11 is 1.33. The second-order valence-corrected chi connectivity index (χ2v) is 7.46. The van der Waals surface area contributed by atoms with E-state index >= 15 is 0 Å². The average Bonchev–Trinajstić information content (AvgIpc) is 3.36. The molecule has 4 aromatic rings. The highest BCUT2D eigenvalue weighted by atomic mass is 32.2. The molecule has 0 amide bonds. The van der Waals surface area contributed by atoms with Crippen molar-refractivity contribution in [1.29, 1.82) is 0 Å². The maximum absolute atomic E-state index is 12.3. The quantitative estimate of drug-likeness (QED) is 0.524. The zero-order valence-corrected chi connectivity index (χ0v) is 15.5. The summed E-state index contributed by atoms with van der Waals surface area (Å²) in [7, 11) is 0. The van der Waals surface area contributed by atoms with E-state index in [0.29, 0.717) is 39.3 Å². The van der Waals surface area contributed by atoms with Gasteiger partial charge in [0.05, 0.1) is 16.2 Å². The first-order chi connectivity index (χ1) is 13.7. The summed E-state index contributed by atoms with van der Waals surface area (Å²) in [6, 6.07) is 12.7. The first-order valence-corrected chi connectivity index (χ1v) is 9.44. The van der Waals surface area contributed by atoms with E-state index in [1.165, 1.54) is 11.8 Å². The Labute approximate surface area is 162 Å². The van der Waals surface area contributed by atoms with Gasteiger partial charge in [-0.25, -0.2) is 4.98 Å². The minimum atomic E-state index is -0.178. The number of fused-ring (bicyclic) bond motifs is 2. The summed E-state index contributed by atoms with van der Waals surface area (Å²) in [4.78, 5) is 19.6. The number of benzene rings is 2. The van der Waals surface area contributed by atoms with Crippen molar-refractivity contribution < 1.29 is 13.9 Å². The third-order valence-corrected chi connectivity index (χ3v) is 5.26. The van der Waals surface area contributed by atoms with E-state index < -0.39 is 0 Å². The molecule has 0 spiro atoms. The Kier molecular flexibility index (Phi) is 4.01. The van der Waals surface area contributed by atoms with Gasteiger partial charge in [-0.05, 0) is 37.3 Å². The SMILES string of the molecule is C[C@@H](Sc1nnc(-c2ccc3c(c2)OCO3)o1)c1nc2ccccc2c(=O)[nH]1. The van der Waals surface area contributed by atoms with E-state index in [0.717, 1.165) is 5.56 Å². The lowest BCUT2D eigenvalue weighted by atomic mass is 10.2. The van der Waals surface area contributed by atoms with Gasteiger partial charge in [0.2, 0.25) is 12.7 Å². The minimum Gasteiger partial charge on any atom is -0.454 e. The molecule has 140 valence electrons. The zero-order chi connectivity index (χ0) is 19.1. The number of nitrogens with one attached hydrogen (secondary N) is 1. The van der Waals surface area contributed by atoms with Crippen molar-refractivity contribution in [2.45, 2.75) is 17.4 Å². The van der Waals surface area contributed by atoms with E-state index in [1.54, 1.807) is 18.2 Å². The van der Waals surface area contributed by atoms with Crippen LogP contribution in [-0.4, -0.2) is 27.0 Å². The molecule has 0 unspecified atom stereocenters. The fourth-order valence-corrected chi connectivity index (χ4v) is 3.65. The number of para-hydroxylation sites is 1. The number of hydrogen-bond acceptors (Lipinski definition) is 8. The van der Waals surface area contributed by atoms with Crippen LogP contribution in [0.25, 0.3) is 22.4 Å². The van der Waals surface area contributed by atoms with Gasteiger partial charge in [0.15, 0.2) is 11.5 Å². The van der Waals surface area contributed by atoms with Gasteiger partial charge in [0.1, 0.15) is 5.82 Å². The second-order valence-electron chi connectivity index (χ2n) is 6.17. The van der Waals surface area contributed by atoms with Gasteiger partial charge in [-0.2, -0.15) is 0 Å². The smallest absolute Gasteiger partial charge is 0.277 e. The van der Waals surface area contributed by atoms with Gasteiger partial charge >= 0.3 is 0 Å². The summed E-state index contributed by atoms with van der Waals surface area (Å²) in [5.74, 6) is 2.28. The van der Waals surface area contributed by atoms with Gasteiger partial charge < -0.3 is 18.9 Å². The third kappa shape index (κ3) is 2.99. The maximum atomic E-state index is 12.3. The topological polar surface area (TPSA) is 103 Å². The molecule has 0 bridgehead atoms. The molecule has 0 radical (unpaired) electrons. The number of rotatable bonds is 4. The fourth-order valence-electron chi connectivity index (χ4n) is 2.91. The molecule has 1 atom stereocenters. The van der Waals surface area contributed by atoms with Gasteiger partial charge in [0.25, 0.3) is 10.8 Å². The highest BCUT2D eigenvalue weighted by molar-refractivity contribution is 7.99. The summed E-state index contributed by atoms with van der Waals surface area (Å²) < 4.78 is 16.4. The van der Waals surface area contributed by atoms with Crippen molar-refractivity contribution in [1.82, 2.24) is 20.2 Å². The standard InChI is InChI=1S/C19H14N4O4S/c1-10(16-20-13-5-3-2-4-12(13)17(24)21-16)28-19-23-22-18(27-19)11-6-7-14-15(8-11)26-9-25-14/h2-8,10H,9H2,1H3,(H,20,21,24)/t10-/m1/s1. The highest BCUT2D eigenvalue weighted by Gasteiger charge is 2.19. The number of H-pyrrole nitrogens is 1. The molecule has 0 fully saturated rings. The van der Waals surface area contributed by atoms with Crippen molar-refractivity contribution >= 4 is 22.7 Å². The van der Waals surface area contributed by atoms with Gasteiger partial charge in [-0.1, -0.05) is 23.9 Å². The lowest BCUT2D eigenvalue weighted by Crippen LogP contribution is -2.12. The summed E-state index contributed by atoms with van der Waals surface area (Å²) in [5, 5.41) is 8.96. The van der Waals surface area contributed by atoms with E-state index in [-0.39, 0.29) is 17.6 Å². The molecule has 0 saturated heterocycles. The Morgan fingerprint density at radius 1 is 1.11 bits per heavy atom. The third-order valence-electron chi connectivity index (χ3n) is 4.32. The van der Waals surface area contributed by atoms with Gasteiger partial charge in [-0.15, -0.1) is 10.2 Å². The van der Waals surface area contributed by atoms with Crippen LogP contribution >= 0.6 is 11.8 Å². The number of thioether (sulfide) groups is 1. The monoisotopic (exact) mass is 394 g/mol. The molecular formula is C19H14N4O4S. The van der Waals surface area contributed by atoms with Gasteiger partial charge in [-0.3, -0.25) is 4.79 Å². The Morgan fingerprint density at radius 3 is 2.89 bits per heavy atom. The molecule has 28 heavy (non-hydrogen) atoms. The number of hydrogen-bond donors (Lipinski definition) is 1. The Hall–Kier alpha value is -3.33.